The summed E-state index contributed by atoms with van der Waals surface area (Å²) in [7, 11) is 1.77. The predicted octanol–water partition coefficient (Wildman–Crippen LogP) is 2.91. The molecule has 1 aromatic carbocycles. The number of nitrogens with zero attached hydrogens (tertiary/aromatic N) is 3. The van der Waals surface area contributed by atoms with Crippen LogP contribution >= 0.6 is 35.6 Å². The van der Waals surface area contributed by atoms with E-state index in [0.29, 0.717) is 0 Å². The molecule has 0 unspecified atom stereocenters. The number of aromatic nitrogens is 2. The van der Waals surface area contributed by atoms with Gasteiger partial charge in [-0.05, 0) is 30.2 Å². The Hall–Kier alpha value is -1.28. The zero-order chi connectivity index (χ0) is 14.9. The number of hydrogen-bond donors (Lipinski definition) is 2. The maximum Gasteiger partial charge on any atom is 0.191 e. The van der Waals surface area contributed by atoms with E-state index in [9.17, 15) is 0 Å². The summed E-state index contributed by atoms with van der Waals surface area (Å²) in [5.41, 5.74) is 1.17. The smallest absolute Gasteiger partial charge is 0.191 e. The van der Waals surface area contributed by atoms with E-state index in [1.165, 1.54) is 5.56 Å². The van der Waals surface area contributed by atoms with Gasteiger partial charge in [0.25, 0.3) is 0 Å². The van der Waals surface area contributed by atoms with Crippen LogP contribution in [0, 0.1) is 0 Å². The van der Waals surface area contributed by atoms with Crippen molar-refractivity contribution < 1.29 is 0 Å². The first-order valence-corrected chi connectivity index (χ1v) is 7.32. The van der Waals surface area contributed by atoms with Gasteiger partial charge in [0.05, 0.1) is 0 Å². The van der Waals surface area contributed by atoms with Crippen molar-refractivity contribution >= 4 is 41.5 Å². The number of aliphatic imine (C=N–C) groups is 1. The first-order valence-electron chi connectivity index (χ1n) is 6.94. The Kier molecular flexibility index (Phi) is 8.91. The molecule has 0 saturated carbocycles. The van der Waals surface area contributed by atoms with Gasteiger partial charge in [-0.25, -0.2) is 0 Å². The fraction of sp³-hybridized carbons (Fsp3) is 0.333. The summed E-state index contributed by atoms with van der Waals surface area (Å²) in [6, 6.07) is 9.71. The predicted molar refractivity (Wildman–Crippen MR) is 102 cm³/mol. The van der Waals surface area contributed by atoms with E-state index in [4.69, 9.17) is 11.6 Å². The third-order valence-electron chi connectivity index (χ3n) is 3.01. The molecule has 120 valence electrons. The second-order valence-corrected chi connectivity index (χ2v) is 5.04. The maximum absolute atomic E-state index is 5.86. The standard InChI is InChI=1S/C15H20ClN5.HI/c1-17-15(18-8-2-10-21-11-3-9-20-21)19-12-13-4-6-14(16)7-5-13;/h3-7,9,11H,2,8,10,12H2,1H3,(H2,17,18,19);1H. The van der Waals surface area contributed by atoms with Crippen molar-refractivity contribution in [3.05, 3.63) is 53.3 Å². The van der Waals surface area contributed by atoms with E-state index in [1.54, 1.807) is 13.2 Å². The Morgan fingerprint density at radius 2 is 2.05 bits per heavy atom. The molecule has 2 N–H and O–H groups in total. The molecule has 0 aliphatic heterocycles. The van der Waals surface area contributed by atoms with Crippen LogP contribution in [0.5, 0.6) is 0 Å². The number of guanidine groups is 1. The Morgan fingerprint density at radius 3 is 2.68 bits per heavy atom. The van der Waals surface area contributed by atoms with Gasteiger partial charge in [-0.3, -0.25) is 9.67 Å². The number of benzene rings is 1. The van der Waals surface area contributed by atoms with Crippen molar-refractivity contribution in [2.45, 2.75) is 19.5 Å². The molecule has 0 aliphatic rings. The Morgan fingerprint density at radius 1 is 1.27 bits per heavy atom. The number of aryl methyl sites for hydroxylation is 1. The molecule has 0 radical (unpaired) electrons. The van der Waals surface area contributed by atoms with E-state index < -0.39 is 0 Å². The van der Waals surface area contributed by atoms with Crippen molar-refractivity contribution in [1.29, 1.82) is 0 Å². The fourth-order valence-electron chi connectivity index (χ4n) is 1.89. The lowest BCUT2D eigenvalue weighted by atomic mass is 10.2. The van der Waals surface area contributed by atoms with Crippen molar-refractivity contribution in [3.63, 3.8) is 0 Å². The number of hydrogen-bond acceptors (Lipinski definition) is 2. The highest BCUT2D eigenvalue weighted by Gasteiger charge is 1.98. The number of halogens is 2. The van der Waals surface area contributed by atoms with Crippen LogP contribution in [0.15, 0.2) is 47.7 Å². The third-order valence-corrected chi connectivity index (χ3v) is 3.26. The first kappa shape index (κ1) is 18.8. The van der Waals surface area contributed by atoms with Crippen molar-refractivity contribution in [2.75, 3.05) is 13.6 Å². The van der Waals surface area contributed by atoms with Gasteiger partial charge < -0.3 is 10.6 Å². The SMILES string of the molecule is CN=C(NCCCn1cccn1)NCc1ccc(Cl)cc1.I. The van der Waals surface area contributed by atoms with Gasteiger partial charge in [-0.15, -0.1) is 24.0 Å². The molecule has 0 amide bonds. The van der Waals surface area contributed by atoms with Crippen LogP contribution in [0.2, 0.25) is 5.02 Å². The molecule has 0 aliphatic carbocycles. The number of rotatable bonds is 6. The molecule has 2 rings (SSSR count). The molecule has 2 aromatic rings. The van der Waals surface area contributed by atoms with Crippen LogP contribution in [0.1, 0.15) is 12.0 Å². The monoisotopic (exact) mass is 433 g/mol. The fourth-order valence-corrected chi connectivity index (χ4v) is 2.02. The Labute approximate surface area is 153 Å². The summed E-state index contributed by atoms with van der Waals surface area (Å²) in [6.45, 7) is 2.46. The normalized spacial score (nSPS) is 10.9. The molecule has 1 aromatic heterocycles. The minimum atomic E-state index is 0. The van der Waals surface area contributed by atoms with Crippen molar-refractivity contribution in [1.82, 2.24) is 20.4 Å². The zero-order valence-electron chi connectivity index (χ0n) is 12.5. The van der Waals surface area contributed by atoms with Gasteiger partial charge in [-0.2, -0.15) is 5.10 Å². The maximum atomic E-state index is 5.86. The second kappa shape index (κ2) is 10.4. The molecule has 0 bridgehead atoms. The summed E-state index contributed by atoms with van der Waals surface area (Å²) in [6.07, 6.45) is 4.75. The van der Waals surface area contributed by atoms with Crippen LogP contribution in [0.25, 0.3) is 0 Å². The van der Waals surface area contributed by atoms with Gasteiger partial charge in [0.2, 0.25) is 0 Å². The third kappa shape index (κ3) is 6.65. The minimum Gasteiger partial charge on any atom is -0.356 e. The van der Waals surface area contributed by atoms with Crippen molar-refractivity contribution in [3.8, 4) is 0 Å². The Bertz CT molecular complexity index is 554. The summed E-state index contributed by atoms with van der Waals surface area (Å²) >= 11 is 5.86. The zero-order valence-corrected chi connectivity index (χ0v) is 15.6. The highest BCUT2D eigenvalue weighted by molar-refractivity contribution is 14.0. The van der Waals surface area contributed by atoms with Crippen LogP contribution < -0.4 is 10.6 Å². The molecule has 7 heteroatoms. The van der Waals surface area contributed by atoms with E-state index in [2.05, 4.69) is 20.7 Å². The second-order valence-electron chi connectivity index (χ2n) is 4.60. The van der Waals surface area contributed by atoms with E-state index in [0.717, 1.165) is 37.0 Å². The highest BCUT2D eigenvalue weighted by Crippen LogP contribution is 2.08. The Balaban J connectivity index is 0.00000242. The van der Waals surface area contributed by atoms with Crippen LogP contribution in [0.4, 0.5) is 0 Å². The molecule has 1 heterocycles. The van der Waals surface area contributed by atoms with Gasteiger partial charge in [-0.1, -0.05) is 23.7 Å². The lowest BCUT2D eigenvalue weighted by molar-refractivity contribution is 0.570. The molecular weight excluding hydrogens is 413 g/mol. The molecule has 0 spiro atoms. The lowest BCUT2D eigenvalue weighted by Gasteiger charge is -2.12. The summed E-state index contributed by atoms with van der Waals surface area (Å²) in [4.78, 5) is 4.20. The summed E-state index contributed by atoms with van der Waals surface area (Å²) in [5, 5.41) is 11.5. The topological polar surface area (TPSA) is 54.2 Å². The first-order chi connectivity index (χ1) is 10.3. The number of nitrogens with one attached hydrogen (secondary N) is 2. The van der Waals surface area contributed by atoms with Crippen LogP contribution in [-0.4, -0.2) is 29.3 Å². The molecule has 5 nitrogen and oxygen atoms in total. The molecule has 0 fully saturated rings. The minimum absolute atomic E-state index is 0. The average molecular weight is 434 g/mol. The average Bonchev–Trinajstić information content (AvgIpc) is 3.01. The van der Waals surface area contributed by atoms with Gasteiger partial charge in [0.1, 0.15) is 0 Å². The van der Waals surface area contributed by atoms with Crippen LogP contribution in [0.3, 0.4) is 0 Å². The highest BCUT2D eigenvalue weighted by atomic mass is 127. The molecule has 22 heavy (non-hydrogen) atoms. The van der Waals surface area contributed by atoms with Gasteiger partial charge in [0.15, 0.2) is 5.96 Å². The van der Waals surface area contributed by atoms with E-state index in [1.807, 2.05) is 41.2 Å². The summed E-state index contributed by atoms with van der Waals surface area (Å²) in [5.74, 6) is 0.797. The molecule has 0 saturated heterocycles. The quantitative estimate of drug-likeness (QED) is 0.319. The lowest BCUT2D eigenvalue weighted by Crippen LogP contribution is -2.37. The largest absolute Gasteiger partial charge is 0.356 e. The molecular formula is C15H21ClIN5. The molecule has 0 atom stereocenters. The van der Waals surface area contributed by atoms with Gasteiger partial charge >= 0.3 is 0 Å². The summed E-state index contributed by atoms with van der Waals surface area (Å²) < 4.78 is 1.92. The van der Waals surface area contributed by atoms with E-state index >= 15 is 0 Å². The van der Waals surface area contributed by atoms with E-state index in [-0.39, 0.29) is 24.0 Å². The van der Waals surface area contributed by atoms with Crippen LogP contribution in [-0.2, 0) is 13.1 Å². The van der Waals surface area contributed by atoms with Crippen molar-refractivity contribution in [2.24, 2.45) is 4.99 Å². The van der Waals surface area contributed by atoms with Gasteiger partial charge in [0, 0.05) is 44.1 Å².